The van der Waals surface area contributed by atoms with Crippen molar-refractivity contribution in [3.05, 3.63) is 0 Å². The summed E-state index contributed by atoms with van der Waals surface area (Å²) in [6.07, 6.45) is 0. The van der Waals surface area contributed by atoms with Crippen molar-refractivity contribution in [3.63, 3.8) is 0 Å². The Kier molecular flexibility index (Phi) is 0.967. The van der Waals surface area contributed by atoms with Gasteiger partial charge in [0.1, 0.15) is 2.74 Å². The first-order valence-electron chi connectivity index (χ1n) is 4.77. The summed E-state index contributed by atoms with van der Waals surface area (Å²) in [7, 11) is 0. The van der Waals surface area contributed by atoms with Crippen molar-refractivity contribution in [2.45, 2.75) is 0 Å². The van der Waals surface area contributed by atoms with Crippen LogP contribution in [0.3, 0.4) is 0 Å². The molecule has 52 valence electrons. The highest BCUT2D eigenvalue weighted by molar-refractivity contribution is 5.80. The van der Waals surface area contributed by atoms with E-state index in [2.05, 4.69) is 0 Å². The van der Waals surface area contributed by atoms with Gasteiger partial charge in [-0.05, 0) is 0 Å². The van der Waals surface area contributed by atoms with Gasteiger partial charge in [0, 0.05) is 0 Å². The van der Waals surface area contributed by atoms with E-state index in [0.717, 1.165) is 0 Å². The van der Waals surface area contributed by atoms with Gasteiger partial charge in [0.25, 0.3) is 5.91 Å². The first-order chi connectivity index (χ1) is 6.50. The van der Waals surface area contributed by atoms with Crippen LogP contribution in [0.5, 0.6) is 0 Å². The van der Waals surface area contributed by atoms with Crippen molar-refractivity contribution in [1.82, 2.24) is 5.31 Å². The molecule has 0 fully saturated rings. The lowest BCUT2D eigenvalue weighted by Gasteiger charge is -2.00. The van der Waals surface area contributed by atoms with Gasteiger partial charge in [0.2, 0.25) is 0 Å². The zero-order chi connectivity index (χ0) is 12.4. The summed E-state index contributed by atoms with van der Waals surface area (Å²) in [5.41, 5.74) is -2.60. The molecule has 0 unspecified atom stereocenters. The number of hydrogen-bond donors (Lipinski definition) is 2. The SMILES string of the molecule is [2H]N(CC(=O)[O-])C(=O)C([2H])([2H])[N+]([2H])([2H])[2H]. The Morgan fingerprint density at radius 3 is 3.11 bits per heavy atom. The Morgan fingerprint density at radius 2 is 2.67 bits per heavy atom. The Labute approximate surface area is 60.5 Å². The van der Waals surface area contributed by atoms with E-state index < -0.39 is 30.6 Å². The molecule has 1 amide bonds. The van der Waals surface area contributed by atoms with Gasteiger partial charge in [-0.15, -0.1) is 0 Å². The summed E-state index contributed by atoms with van der Waals surface area (Å²) in [6.45, 7) is -4.55. The van der Waals surface area contributed by atoms with Crippen LogP contribution < -0.4 is 16.1 Å². The highest BCUT2D eigenvalue weighted by Gasteiger charge is 1.95. The van der Waals surface area contributed by atoms with E-state index >= 15 is 0 Å². The fourth-order valence-electron chi connectivity index (χ4n) is 0.172. The molecule has 0 aliphatic heterocycles. The number of quaternary nitrogens is 1. The summed E-state index contributed by atoms with van der Waals surface area (Å²) in [5, 5.41) is 9.69. The van der Waals surface area contributed by atoms with Crippen LogP contribution in [0.25, 0.3) is 0 Å². The number of rotatable bonds is 4. The number of carboxylic acids is 1. The van der Waals surface area contributed by atoms with Crippen LogP contribution in [0.15, 0.2) is 0 Å². The van der Waals surface area contributed by atoms with Gasteiger partial charge in [0.15, 0.2) is 7.91 Å². The average molecular weight is 138 g/mol. The van der Waals surface area contributed by atoms with E-state index in [9.17, 15) is 14.7 Å². The van der Waals surface area contributed by atoms with E-state index in [1.807, 2.05) is 0 Å². The van der Waals surface area contributed by atoms with Crippen molar-refractivity contribution >= 4 is 11.9 Å². The molecule has 0 aromatic heterocycles. The molecular formula is C4H8N2O3. The number of aliphatic carboxylic acids is 1. The number of carbonyl (C=O) groups is 2. The molecule has 0 saturated heterocycles. The molecule has 0 spiro atoms. The van der Waals surface area contributed by atoms with Crippen LogP contribution in [0.1, 0.15) is 2.74 Å². The smallest absolute Gasteiger partial charge is 0.344 e. The predicted molar refractivity (Wildman–Crippen MR) is 25.8 cm³/mol. The molecule has 5 heteroatoms. The Hall–Kier alpha value is -1.10. The Balaban J connectivity index is 4.78. The normalized spacial score (nSPS) is 21.3. The lowest BCUT2D eigenvalue weighted by Crippen LogP contribution is -2.58. The highest BCUT2D eigenvalue weighted by atomic mass is 16.4. The van der Waals surface area contributed by atoms with E-state index in [1.165, 1.54) is 0 Å². The highest BCUT2D eigenvalue weighted by Crippen LogP contribution is 1.56. The van der Waals surface area contributed by atoms with E-state index in [4.69, 9.17) is 8.39 Å². The molecule has 9 heavy (non-hydrogen) atoms. The van der Waals surface area contributed by atoms with Crippen molar-refractivity contribution in [2.75, 3.05) is 13.0 Å². The minimum Gasteiger partial charge on any atom is -0.548 e. The standard InChI is InChI=1S/C4H8N2O3/c5-1-3(7)6-2-4(8)9/h1-2,5H2,(H,6,7)(H,8,9)/i1D2/hD4. The molecule has 0 radical (unpaired) electrons. The summed E-state index contributed by atoms with van der Waals surface area (Å²) < 4.78 is 40.6. The first kappa shape index (κ1) is 2.26. The number of carbonyl (C=O) groups excluding carboxylic acids is 2. The van der Waals surface area contributed by atoms with E-state index in [1.54, 1.807) is 0 Å². The maximum Gasteiger partial charge on any atom is 0.344 e. The first-order valence-corrected chi connectivity index (χ1v) is 1.98. The predicted octanol–water partition coefficient (Wildman–Crippen LogP) is -3.91. The maximum atomic E-state index is 11.0. The minimum absolute atomic E-state index is 0.306. The Morgan fingerprint density at radius 1 is 2.00 bits per heavy atom. The lowest BCUT2D eigenvalue weighted by molar-refractivity contribution is -0.355. The fraction of sp³-hybridized carbons (Fsp3) is 0.500. The zero-order valence-electron chi connectivity index (χ0n) is 10.3. The molecule has 0 heterocycles. The number of carboxylic acid groups (broad SMARTS) is 1. The van der Waals surface area contributed by atoms with Crippen LogP contribution in [-0.4, -0.2) is 24.9 Å². The largest absolute Gasteiger partial charge is 0.548 e. The Bertz CT molecular complexity index is 276. The monoisotopic (exact) mass is 138 g/mol. The molecule has 0 aromatic rings. The molecule has 0 bridgehead atoms. The third-order valence-corrected chi connectivity index (χ3v) is 0.447. The summed E-state index contributed by atoms with van der Waals surface area (Å²) in [5.74, 6) is -3.56. The van der Waals surface area contributed by atoms with Gasteiger partial charge in [-0.2, -0.15) is 0 Å². The molecule has 0 aliphatic carbocycles. The third kappa shape index (κ3) is 4.76. The molecule has 0 atom stereocenters. The van der Waals surface area contributed by atoms with Gasteiger partial charge in [-0.3, -0.25) is 4.79 Å². The molecule has 0 aliphatic rings. The zero-order valence-corrected chi connectivity index (χ0v) is 4.33. The van der Waals surface area contributed by atoms with Crippen molar-refractivity contribution < 1.29 is 28.8 Å². The van der Waals surface area contributed by atoms with Crippen LogP contribution in [-0.2, 0) is 9.59 Å². The van der Waals surface area contributed by atoms with Gasteiger partial charge >= 0.3 is 4.24 Å². The second-order valence-corrected chi connectivity index (χ2v) is 1.11. The van der Waals surface area contributed by atoms with Gasteiger partial charge in [-0.25, -0.2) is 0 Å². The molecule has 0 saturated carbocycles. The molecule has 4 N–H and O–H groups in total. The average Bonchev–Trinajstić information content (AvgIpc) is 1.99. The summed E-state index contributed by atoms with van der Waals surface area (Å²) >= 11 is 0. The van der Waals surface area contributed by atoms with Crippen molar-refractivity contribution in [1.29, 1.82) is 0 Å². The quantitative estimate of drug-likeness (QED) is 0.415. The fourth-order valence-corrected chi connectivity index (χ4v) is 0.172. The van der Waals surface area contributed by atoms with Gasteiger partial charge in [0.05, 0.1) is 12.5 Å². The number of amides is 1. The number of hydrogen-bond acceptors (Lipinski definition) is 3. The lowest BCUT2D eigenvalue weighted by atomic mass is 10.5. The molecule has 0 rings (SSSR count). The maximum absolute atomic E-state index is 11.0. The summed E-state index contributed by atoms with van der Waals surface area (Å²) in [6, 6.07) is 0. The molecule has 0 aromatic carbocycles. The van der Waals surface area contributed by atoms with Crippen LogP contribution in [0, 0.1) is 0 Å². The van der Waals surface area contributed by atoms with Crippen LogP contribution in [0.2, 0.25) is 5.65 Å². The van der Waals surface area contributed by atoms with E-state index in [-0.39, 0.29) is 5.31 Å². The van der Waals surface area contributed by atoms with Crippen molar-refractivity contribution in [2.24, 2.45) is 0 Å². The summed E-state index contributed by atoms with van der Waals surface area (Å²) in [4.78, 5) is 21.0. The second kappa shape index (κ2) is 3.85. The third-order valence-electron chi connectivity index (χ3n) is 0.447. The van der Waals surface area contributed by atoms with Gasteiger partial charge in [-0.1, -0.05) is 0 Å². The van der Waals surface area contributed by atoms with Crippen LogP contribution >= 0.6 is 0 Å². The second-order valence-electron chi connectivity index (χ2n) is 1.11. The van der Waals surface area contributed by atoms with Crippen molar-refractivity contribution in [3.8, 4) is 0 Å². The molecule has 5 nitrogen and oxygen atoms in total. The van der Waals surface area contributed by atoms with Crippen LogP contribution in [0.4, 0.5) is 0 Å². The molecular weight excluding hydrogens is 124 g/mol. The topological polar surface area (TPSA) is 96.9 Å². The van der Waals surface area contributed by atoms with Gasteiger partial charge < -0.3 is 20.9 Å². The number of nitrogens with one attached hydrogen (secondary N) is 1. The minimum atomic E-state index is -3.35. The van der Waals surface area contributed by atoms with E-state index in [0.29, 0.717) is 0 Å².